The average molecular weight is 300 g/mol. The first kappa shape index (κ1) is 15.8. The first-order chi connectivity index (χ1) is 10.7. The van der Waals surface area contributed by atoms with Crippen LogP contribution in [0.2, 0.25) is 0 Å². The fourth-order valence-corrected chi connectivity index (χ4v) is 1.98. The van der Waals surface area contributed by atoms with Gasteiger partial charge < -0.3 is 15.1 Å². The normalized spacial score (nSPS) is 10.2. The van der Waals surface area contributed by atoms with E-state index in [1.54, 1.807) is 12.1 Å². The molecule has 0 saturated carbocycles. The quantitative estimate of drug-likeness (QED) is 0.806. The Bertz CT molecular complexity index is 603. The van der Waals surface area contributed by atoms with Crippen LogP contribution in [0, 0.1) is 0 Å². The van der Waals surface area contributed by atoms with E-state index in [1.807, 2.05) is 24.3 Å². The molecule has 5 nitrogen and oxygen atoms in total. The third-order valence-electron chi connectivity index (χ3n) is 3.24. The van der Waals surface area contributed by atoms with E-state index < -0.39 is 11.8 Å². The molecular weight excluding hydrogens is 280 g/mol. The smallest absolute Gasteiger partial charge is 0.313 e. The lowest BCUT2D eigenvalue weighted by atomic mass is 10.1. The Morgan fingerprint density at radius 1 is 1.09 bits per heavy atom. The molecule has 0 bridgehead atoms. The van der Waals surface area contributed by atoms with Gasteiger partial charge in [0, 0.05) is 5.69 Å². The van der Waals surface area contributed by atoms with Crippen LogP contribution >= 0.6 is 0 Å². The zero-order valence-corrected chi connectivity index (χ0v) is 12.6. The third-order valence-corrected chi connectivity index (χ3v) is 3.24. The van der Waals surface area contributed by atoms with Crippen molar-refractivity contribution in [2.45, 2.75) is 32.7 Å². The molecule has 116 valence electrons. The van der Waals surface area contributed by atoms with Crippen molar-refractivity contribution in [3.8, 4) is 0 Å². The summed E-state index contributed by atoms with van der Waals surface area (Å²) in [6.45, 7) is 2.34. The second-order valence-corrected chi connectivity index (χ2v) is 5.02. The van der Waals surface area contributed by atoms with Gasteiger partial charge >= 0.3 is 11.8 Å². The minimum absolute atomic E-state index is 0.190. The van der Waals surface area contributed by atoms with Crippen LogP contribution in [-0.2, 0) is 22.6 Å². The molecule has 1 aromatic heterocycles. The predicted molar refractivity (Wildman–Crippen MR) is 84.2 cm³/mol. The number of anilines is 1. The van der Waals surface area contributed by atoms with Crippen LogP contribution in [0.4, 0.5) is 5.69 Å². The molecule has 0 atom stereocenters. The Balaban J connectivity index is 1.81. The lowest BCUT2D eigenvalue weighted by Crippen LogP contribution is -2.34. The molecule has 2 N–H and O–H groups in total. The summed E-state index contributed by atoms with van der Waals surface area (Å²) in [5, 5.41) is 5.07. The second-order valence-electron chi connectivity index (χ2n) is 5.02. The van der Waals surface area contributed by atoms with Crippen molar-refractivity contribution >= 4 is 17.5 Å². The number of carbonyl (C=O) groups is 2. The number of nitrogens with one attached hydrogen (secondary N) is 2. The van der Waals surface area contributed by atoms with Gasteiger partial charge in [-0.1, -0.05) is 25.5 Å². The van der Waals surface area contributed by atoms with Crippen LogP contribution in [0.1, 0.15) is 31.1 Å². The summed E-state index contributed by atoms with van der Waals surface area (Å²) in [5.74, 6) is -0.777. The fourth-order valence-electron chi connectivity index (χ4n) is 1.98. The summed E-state index contributed by atoms with van der Waals surface area (Å²) >= 11 is 0. The van der Waals surface area contributed by atoms with Crippen molar-refractivity contribution in [1.29, 1.82) is 0 Å². The van der Waals surface area contributed by atoms with Crippen LogP contribution in [0.3, 0.4) is 0 Å². The van der Waals surface area contributed by atoms with Crippen molar-refractivity contribution in [3.05, 3.63) is 54.0 Å². The number of aryl methyl sites for hydroxylation is 1. The van der Waals surface area contributed by atoms with Crippen LogP contribution in [0.5, 0.6) is 0 Å². The maximum atomic E-state index is 11.8. The summed E-state index contributed by atoms with van der Waals surface area (Å²) < 4.78 is 5.08. The van der Waals surface area contributed by atoms with E-state index in [9.17, 15) is 9.59 Å². The van der Waals surface area contributed by atoms with E-state index in [-0.39, 0.29) is 6.54 Å². The summed E-state index contributed by atoms with van der Waals surface area (Å²) in [6, 6.07) is 11.0. The van der Waals surface area contributed by atoms with Gasteiger partial charge in [0.05, 0.1) is 12.8 Å². The maximum absolute atomic E-state index is 11.8. The Hall–Kier alpha value is -2.56. The molecule has 0 aliphatic heterocycles. The topological polar surface area (TPSA) is 71.3 Å². The van der Waals surface area contributed by atoms with Crippen LogP contribution in [0.15, 0.2) is 47.1 Å². The van der Waals surface area contributed by atoms with Gasteiger partial charge in [0.25, 0.3) is 0 Å². The summed E-state index contributed by atoms with van der Waals surface area (Å²) in [6.07, 6.45) is 4.82. The van der Waals surface area contributed by atoms with E-state index in [1.165, 1.54) is 11.8 Å². The first-order valence-corrected chi connectivity index (χ1v) is 7.39. The van der Waals surface area contributed by atoms with Crippen molar-refractivity contribution in [1.82, 2.24) is 5.32 Å². The van der Waals surface area contributed by atoms with Gasteiger partial charge in [-0.05, 0) is 42.7 Å². The standard InChI is InChI=1S/C17H20N2O3/c1-2-3-5-13-7-9-14(10-8-13)19-17(21)16(20)18-12-15-6-4-11-22-15/h4,6-11H,2-3,5,12H2,1H3,(H,18,20)(H,19,21). The fraction of sp³-hybridized carbons (Fsp3) is 0.294. The molecule has 0 aliphatic carbocycles. The van der Waals surface area contributed by atoms with Gasteiger partial charge in [0.2, 0.25) is 0 Å². The molecule has 0 radical (unpaired) electrons. The largest absolute Gasteiger partial charge is 0.467 e. The highest BCUT2D eigenvalue weighted by atomic mass is 16.3. The average Bonchev–Trinajstić information content (AvgIpc) is 3.05. The highest BCUT2D eigenvalue weighted by molar-refractivity contribution is 6.39. The Morgan fingerprint density at radius 3 is 2.50 bits per heavy atom. The molecule has 22 heavy (non-hydrogen) atoms. The summed E-state index contributed by atoms with van der Waals surface area (Å²) in [4.78, 5) is 23.5. The monoisotopic (exact) mass is 300 g/mol. The molecule has 0 unspecified atom stereocenters. The van der Waals surface area contributed by atoms with Crippen molar-refractivity contribution < 1.29 is 14.0 Å². The van der Waals surface area contributed by atoms with Gasteiger partial charge in [-0.3, -0.25) is 9.59 Å². The first-order valence-electron chi connectivity index (χ1n) is 7.39. The van der Waals surface area contributed by atoms with Gasteiger partial charge in [0.1, 0.15) is 5.76 Å². The zero-order valence-electron chi connectivity index (χ0n) is 12.6. The van der Waals surface area contributed by atoms with E-state index in [0.29, 0.717) is 11.4 Å². The predicted octanol–water partition coefficient (Wildman–Crippen LogP) is 2.88. The van der Waals surface area contributed by atoms with Gasteiger partial charge in [-0.2, -0.15) is 0 Å². The molecule has 2 amide bonds. The number of rotatable bonds is 6. The number of benzene rings is 1. The SMILES string of the molecule is CCCCc1ccc(NC(=O)C(=O)NCc2ccco2)cc1. The summed E-state index contributed by atoms with van der Waals surface area (Å²) in [7, 11) is 0. The van der Waals surface area contributed by atoms with Crippen molar-refractivity contribution in [2.24, 2.45) is 0 Å². The number of amides is 2. The Labute approximate surface area is 129 Å². The Kier molecular flexibility index (Phi) is 5.77. The molecule has 2 rings (SSSR count). The van der Waals surface area contributed by atoms with Gasteiger partial charge in [-0.15, -0.1) is 0 Å². The molecule has 0 fully saturated rings. The minimum Gasteiger partial charge on any atom is -0.467 e. The van der Waals surface area contributed by atoms with E-state index >= 15 is 0 Å². The molecule has 0 aliphatic rings. The van der Waals surface area contributed by atoms with Gasteiger partial charge in [0.15, 0.2) is 0 Å². The number of furan rings is 1. The highest BCUT2D eigenvalue weighted by Crippen LogP contribution is 2.11. The highest BCUT2D eigenvalue weighted by Gasteiger charge is 2.13. The number of carbonyl (C=O) groups excluding carboxylic acids is 2. The van der Waals surface area contributed by atoms with Crippen LogP contribution in [0.25, 0.3) is 0 Å². The molecule has 0 saturated heterocycles. The number of unbranched alkanes of at least 4 members (excludes halogenated alkanes) is 1. The minimum atomic E-state index is -0.688. The summed E-state index contributed by atoms with van der Waals surface area (Å²) in [5.41, 5.74) is 1.83. The molecular formula is C17H20N2O3. The van der Waals surface area contributed by atoms with Crippen molar-refractivity contribution in [2.75, 3.05) is 5.32 Å². The number of hydrogen-bond donors (Lipinski definition) is 2. The van der Waals surface area contributed by atoms with E-state index in [0.717, 1.165) is 19.3 Å². The van der Waals surface area contributed by atoms with Crippen LogP contribution in [-0.4, -0.2) is 11.8 Å². The second kappa shape index (κ2) is 8.02. The molecule has 1 heterocycles. The van der Waals surface area contributed by atoms with E-state index in [4.69, 9.17) is 4.42 Å². The van der Waals surface area contributed by atoms with E-state index in [2.05, 4.69) is 17.6 Å². The molecule has 1 aromatic carbocycles. The number of hydrogen-bond acceptors (Lipinski definition) is 3. The van der Waals surface area contributed by atoms with Gasteiger partial charge in [-0.25, -0.2) is 0 Å². The lowest BCUT2D eigenvalue weighted by Gasteiger charge is -2.06. The molecule has 5 heteroatoms. The zero-order chi connectivity index (χ0) is 15.8. The van der Waals surface area contributed by atoms with Crippen molar-refractivity contribution in [3.63, 3.8) is 0 Å². The Morgan fingerprint density at radius 2 is 1.86 bits per heavy atom. The van der Waals surface area contributed by atoms with Crippen LogP contribution < -0.4 is 10.6 Å². The molecule has 2 aromatic rings. The third kappa shape index (κ3) is 4.77. The maximum Gasteiger partial charge on any atom is 0.313 e. The lowest BCUT2D eigenvalue weighted by molar-refractivity contribution is -0.136. The molecule has 0 spiro atoms.